The van der Waals surface area contributed by atoms with Gasteiger partial charge < -0.3 is 25.3 Å². The molecule has 1 aromatic heterocycles. The van der Waals surface area contributed by atoms with Crippen LogP contribution in [0.2, 0.25) is 0 Å². The quantitative estimate of drug-likeness (QED) is 0.350. The number of benzene rings is 2. The molecule has 2 aromatic carbocycles. The lowest BCUT2D eigenvalue weighted by atomic mass is 10.1. The molecule has 1 amide bonds. The SMILES string of the molecule is CC(=O)N[C@@H](Cc1c[nH]c2ccccc12)C(=O)O.CC(=O)Oc1ccccc1C(=O)O. The fourth-order valence-electron chi connectivity index (χ4n) is 2.85. The van der Waals surface area contributed by atoms with Crippen LogP contribution in [0.25, 0.3) is 10.9 Å². The Hall–Kier alpha value is -4.14. The predicted molar refractivity (Wildman–Crippen MR) is 112 cm³/mol. The zero-order valence-corrected chi connectivity index (χ0v) is 16.9. The van der Waals surface area contributed by atoms with Gasteiger partial charge in [0.1, 0.15) is 17.4 Å². The van der Waals surface area contributed by atoms with E-state index in [1.165, 1.54) is 26.0 Å². The van der Waals surface area contributed by atoms with E-state index in [4.69, 9.17) is 10.2 Å². The van der Waals surface area contributed by atoms with Gasteiger partial charge in [-0.15, -0.1) is 0 Å². The third-order valence-corrected chi connectivity index (χ3v) is 4.15. The van der Waals surface area contributed by atoms with Gasteiger partial charge in [-0.05, 0) is 23.8 Å². The molecule has 0 radical (unpaired) electrons. The Morgan fingerprint density at radius 3 is 2.26 bits per heavy atom. The molecule has 0 aliphatic rings. The maximum Gasteiger partial charge on any atom is 0.339 e. The molecule has 9 heteroatoms. The number of aliphatic carboxylic acids is 1. The normalized spacial score (nSPS) is 11.0. The van der Waals surface area contributed by atoms with Crippen LogP contribution in [0.5, 0.6) is 5.75 Å². The lowest BCUT2D eigenvalue weighted by Crippen LogP contribution is -2.41. The van der Waals surface area contributed by atoms with E-state index in [2.05, 4.69) is 15.0 Å². The van der Waals surface area contributed by atoms with Crippen molar-refractivity contribution in [2.24, 2.45) is 0 Å². The molecule has 0 bridgehead atoms. The molecule has 1 atom stereocenters. The van der Waals surface area contributed by atoms with Crippen LogP contribution in [-0.2, 0) is 20.8 Å². The first-order chi connectivity index (χ1) is 14.7. The topological polar surface area (TPSA) is 146 Å². The Morgan fingerprint density at radius 1 is 1.00 bits per heavy atom. The van der Waals surface area contributed by atoms with Gasteiger partial charge in [0.2, 0.25) is 5.91 Å². The maximum atomic E-state index is 11.1. The minimum absolute atomic E-state index is 0.0160. The van der Waals surface area contributed by atoms with Crippen molar-refractivity contribution in [1.29, 1.82) is 0 Å². The highest BCUT2D eigenvalue weighted by Crippen LogP contribution is 2.19. The van der Waals surface area contributed by atoms with Gasteiger partial charge in [0.05, 0.1) is 0 Å². The number of hydrogen-bond acceptors (Lipinski definition) is 5. The van der Waals surface area contributed by atoms with Crippen molar-refractivity contribution in [2.45, 2.75) is 26.3 Å². The van der Waals surface area contributed by atoms with Crippen LogP contribution in [-0.4, -0.2) is 45.1 Å². The number of H-pyrrole nitrogens is 1. The van der Waals surface area contributed by atoms with E-state index in [1.54, 1.807) is 18.3 Å². The fourth-order valence-corrected chi connectivity index (χ4v) is 2.85. The van der Waals surface area contributed by atoms with Crippen molar-refractivity contribution in [3.63, 3.8) is 0 Å². The molecule has 0 spiro atoms. The van der Waals surface area contributed by atoms with Crippen molar-refractivity contribution >= 4 is 34.7 Å². The highest BCUT2D eigenvalue weighted by Gasteiger charge is 2.20. The zero-order valence-electron chi connectivity index (χ0n) is 16.9. The number of carboxylic acids is 2. The first kappa shape index (κ1) is 23.1. The minimum Gasteiger partial charge on any atom is -0.480 e. The van der Waals surface area contributed by atoms with Crippen LogP contribution in [0.1, 0.15) is 29.8 Å². The second-order valence-electron chi connectivity index (χ2n) is 6.55. The number of ether oxygens (including phenoxy) is 1. The summed E-state index contributed by atoms with van der Waals surface area (Å²) in [7, 11) is 0. The number of amides is 1. The van der Waals surface area contributed by atoms with Gasteiger partial charge in [-0.25, -0.2) is 9.59 Å². The molecule has 162 valence electrons. The van der Waals surface area contributed by atoms with E-state index in [0.29, 0.717) is 0 Å². The van der Waals surface area contributed by atoms with Gasteiger partial charge in [0, 0.05) is 37.4 Å². The van der Waals surface area contributed by atoms with E-state index < -0.39 is 23.9 Å². The summed E-state index contributed by atoms with van der Waals surface area (Å²) >= 11 is 0. The summed E-state index contributed by atoms with van der Waals surface area (Å²) in [6.07, 6.45) is 2.04. The van der Waals surface area contributed by atoms with Crippen molar-refractivity contribution in [2.75, 3.05) is 0 Å². The molecular weight excluding hydrogens is 404 g/mol. The van der Waals surface area contributed by atoms with E-state index in [0.717, 1.165) is 16.5 Å². The number of para-hydroxylation sites is 2. The molecule has 9 nitrogen and oxygen atoms in total. The molecule has 0 aliphatic carbocycles. The van der Waals surface area contributed by atoms with E-state index in [9.17, 15) is 19.2 Å². The molecule has 31 heavy (non-hydrogen) atoms. The van der Waals surface area contributed by atoms with E-state index in [-0.39, 0.29) is 23.6 Å². The molecular formula is C22H22N2O7. The van der Waals surface area contributed by atoms with Gasteiger partial charge in [-0.2, -0.15) is 0 Å². The van der Waals surface area contributed by atoms with E-state index in [1.807, 2.05) is 24.3 Å². The van der Waals surface area contributed by atoms with Crippen molar-refractivity contribution in [1.82, 2.24) is 10.3 Å². The van der Waals surface area contributed by atoms with Crippen molar-refractivity contribution in [3.05, 3.63) is 65.9 Å². The lowest BCUT2D eigenvalue weighted by Gasteiger charge is -2.12. The number of rotatable bonds is 6. The summed E-state index contributed by atoms with van der Waals surface area (Å²) in [5.41, 5.74) is 1.82. The molecule has 4 N–H and O–H groups in total. The molecule has 1 heterocycles. The number of carbonyl (C=O) groups is 4. The van der Waals surface area contributed by atoms with Gasteiger partial charge in [-0.1, -0.05) is 30.3 Å². The Morgan fingerprint density at radius 2 is 1.65 bits per heavy atom. The number of esters is 1. The Bertz CT molecular complexity index is 1100. The molecule has 0 aliphatic heterocycles. The summed E-state index contributed by atoms with van der Waals surface area (Å²) in [6.45, 7) is 2.53. The maximum absolute atomic E-state index is 11.1. The highest BCUT2D eigenvalue weighted by molar-refractivity contribution is 5.91. The molecule has 0 saturated heterocycles. The number of aromatic carboxylic acids is 1. The third-order valence-electron chi connectivity index (χ3n) is 4.15. The van der Waals surface area contributed by atoms with Crippen molar-refractivity contribution < 1.29 is 34.1 Å². The predicted octanol–water partition coefficient (Wildman–Crippen LogP) is 2.61. The van der Waals surface area contributed by atoms with Crippen LogP contribution in [0, 0.1) is 0 Å². The standard InChI is InChI=1S/C13H14N2O3.C9H8O4/c1-8(16)15-12(13(17)18)6-9-7-14-11-5-3-2-4-10(9)11;1-6(10)13-8-5-3-2-4-7(8)9(11)12/h2-5,7,12,14H,6H2,1H3,(H,15,16)(H,17,18);2-5H,1H3,(H,11,12)/t12-;/m0./s1. The fraction of sp³-hybridized carbons (Fsp3) is 0.182. The van der Waals surface area contributed by atoms with Crippen molar-refractivity contribution in [3.8, 4) is 5.75 Å². The molecule has 3 rings (SSSR count). The highest BCUT2D eigenvalue weighted by atomic mass is 16.5. The van der Waals surface area contributed by atoms with Crippen LogP contribution in [0.4, 0.5) is 0 Å². The first-order valence-electron chi connectivity index (χ1n) is 9.24. The molecule has 3 aromatic rings. The summed E-state index contributed by atoms with van der Waals surface area (Å²) in [5, 5.41) is 21.2. The summed E-state index contributed by atoms with van der Waals surface area (Å²) < 4.78 is 4.69. The minimum atomic E-state index is -1.11. The number of aromatic amines is 1. The number of nitrogens with one attached hydrogen (secondary N) is 2. The Labute approximate surface area is 177 Å². The first-order valence-corrected chi connectivity index (χ1v) is 9.24. The Balaban J connectivity index is 0.000000233. The smallest absolute Gasteiger partial charge is 0.339 e. The average molecular weight is 426 g/mol. The number of carbonyl (C=O) groups excluding carboxylic acids is 2. The average Bonchev–Trinajstić information content (AvgIpc) is 3.10. The van der Waals surface area contributed by atoms with Gasteiger partial charge >= 0.3 is 17.9 Å². The summed E-state index contributed by atoms with van der Waals surface area (Å²) in [4.78, 5) is 46.3. The summed E-state index contributed by atoms with van der Waals surface area (Å²) in [6, 6.07) is 12.7. The lowest BCUT2D eigenvalue weighted by molar-refractivity contribution is -0.141. The number of hydrogen-bond donors (Lipinski definition) is 4. The molecule has 0 unspecified atom stereocenters. The monoisotopic (exact) mass is 426 g/mol. The zero-order chi connectivity index (χ0) is 23.0. The van der Waals surface area contributed by atoms with E-state index >= 15 is 0 Å². The Kier molecular flexibility index (Phi) is 7.90. The third kappa shape index (κ3) is 6.70. The molecule has 0 fully saturated rings. The van der Waals surface area contributed by atoms with Crippen LogP contribution in [0.3, 0.4) is 0 Å². The van der Waals surface area contributed by atoms with Gasteiger partial charge in [0.15, 0.2) is 0 Å². The van der Waals surface area contributed by atoms with Crippen LogP contribution in [0.15, 0.2) is 54.7 Å². The van der Waals surface area contributed by atoms with Gasteiger partial charge in [-0.3, -0.25) is 9.59 Å². The number of aromatic nitrogens is 1. The van der Waals surface area contributed by atoms with Gasteiger partial charge in [0.25, 0.3) is 0 Å². The second kappa shape index (κ2) is 10.6. The number of carboxylic acid groups (broad SMARTS) is 2. The van der Waals surface area contributed by atoms with Crippen LogP contribution >= 0.6 is 0 Å². The van der Waals surface area contributed by atoms with Crippen LogP contribution < -0.4 is 10.1 Å². The summed E-state index contributed by atoms with van der Waals surface area (Å²) in [5.74, 6) is -2.95. The largest absolute Gasteiger partial charge is 0.480 e. The second-order valence-corrected chi connectivity index (χ2v) is 6.55. The number of fused-ring (bicyclic) bond motifs is 1. The molecule has 0 saturated carbocycles.